The van der Waals surface area contributed by atoms with Gasteiger partial charge in [0, 0.05) is 12.6 Å². The summed E-state index contributed by atoms with van der Waals surface area (Å²) in [6.07, 6.45) is 0.794. The highest BCUT2D eigenvalue weighted by molar-refractivity contribution is 5.82. The number of rotatable bonds is 8. The second-order valence-electron chi connectivity index (χ2n) is 5.28. The Kier molecular flexibility index (Phi) is 8.09. The minimum atomic E-state index is -1.28. The SMILES string of the molecule is CC(C)CC(CN(C)C)NC(=O)N[C@H](CO)C(=O)O. The van der Waals surface area contributed by atoms with Crippen molar-refractivity contribution in [3.63, 3.8) is 0 Å². The number of carboxylic acids is 1. The molecule has 7 nitrogen and oxygen atoms in total. The van der Waals surface area contributed by atoms with Gasteiger partial charge in [0.1, 0.15) is 0 Å². The third-order valence-corrected chi connectivity index (χ3v) is 2.46. The maximum absolute atomic E-state index is 11.7. The number of aliphatic hydroxyl groups is 1. The number of hydrogen-bond donors (Lipinski definition) is 4. The van der Waals surface area contributed by atoms with Gasteiger partial charge in [-0.1, -0.05) is 13.8 Å². The van der Waals surface area contributed by atoms with E-state index in [0.29, 0.717) is 12.5 Å². The van der Waals surface area contributed by atoms with Crippen molar-refractivity contribution >= 4 is 12.0 Å². The monoisotopic (exact) mass is 275 g/mol. The molecule has 0 aromatic heterocycles. The molecule has 0 fully saturated rings. The fraction of sp³-hybridized carbons (Fsp3) is 0.833. The lowest BCUT2D eigenvalue weighted by atomic mass is 10.0. The van der Waals surface area contributed by atoms with Crippen molar-refractivity contribution in [2.75, 3.05) is 27.2 Å². The zero-order chi connectivity index (χ0) is 15.0. The van der Waals surface area contributed by atoms with Gasteiger partial charge in [-0.05, 0) is 26.4 Å². The van der Waals surface area contributed by atoms with E-state index in [4.69, 9.17) is 10.2 Å². The van der Waals surface area contributed by atoms with Crippen LogP contribution in [0.25, 0.3) is 0 Å². The largest absolute Gasteiger partial charge is 0.480 e. The normalized spacial score (nSPS) is 14.3. The molecule has 0 aromatic carbocycles. The van der Waals surface area contributed by atoms with Gasteiger partial charge < -0.3 is 25.7 Å². The molecule has 0 aliphatic rings. The van der Waals surface area contributed by atoms with Crippen LogP contribution in [-0.4, -0.2) is 66.4 Å². The summed E-state index contributed by atoms with van der Waals surface area (Å²) in [6, 6.07) is -1.92. The fourth-order valence-corrected chi connectivity index (χ4v) is 1.76. The lowest BCUT2D eigenvalue weighted by molar-refractivity contribution is -0.140. The van der Waals surface area contributed by atoms with E-state index in [0.717, 1.165) is 6.42 Å². The van der Waals surface area contributed by atoms with Crippen LogP contribution in [0.4, 0.5) is 4.79 Å². The van der Waals surface area contributed by atoms with E-state index >= 15 is 0 Å². The molecule has 0 radical (unpaired) electrons. The van der Waals surface area contributed by atoms with Gasteiger partial charge >= 0.3 is 12.0 Å². The van der Waals surface area contributed by atoms with Crippen LogP contribution in [0.3, 0.4) is 0 Å². The number of aliphatic hydroxyl groups excluding tert-OH is 1. The van der Waals surface area contributed by atoms with Crippen LogP contribution >= 0.6 is 0 Å². The summed E-state index contributed by atoms with van der Waals surface area (Å²) in [5, 5.41) is 22.5. The van der Waals surface area contributed by atoms with Crippen molar-refractivity contribution in [1.29, 1.82) is 0 Å². The molecule has 4 N–H and O–H groups in total. The average Bonchev–Trinajstić information content (AvgIpc) is 2.23. The molecule has 0 saturated carbocycles. The molecule has 112 valence electrons. The molecule has 0 heterocycles. The van der Waals surface area contributed by atoms with E-state index in [2.05, 4.69) is 24.5 Å². The molecule has 2 atom stereocenters. The Bertz CT molecular complexity index is 285. The van der Waals surface area contributed by atoms with Gasteiger partial charge in [-0.15, -0.1) is 0 Å². The Morgan fingerprint density at radius 3 is 2.16 bits per heavy atom. The number of likely N-dealkylation sites (N-methyl/N-ethyl adjacent to an activating group) is 1. The van der Waals surface area contributed by atoms with Crippen molar-refractivity contribution in [3.05, 3.63) is 0 Å². The molecule has 0 aliphatic carbocycles. The standard InChI is InChI=1S/C12H25N3O4/c1-8(2)5-9(6-15(3)4)13-12(19)14-10(7-16)11(17)18/h8-10,16H,5-7H2,1-4H3,(H,17,18)(H2,13,14,19)/t9?,10-/m1/s1. The summed E-state index contributed by atoms with van der Waals surface area (Å²) in [4.78, 5) is 24.3. The van der Waals surface area contributed by atoms with Gasteiger partial charge in [0.25, 0.3) is 0 Å². The predicted molar refractivity (Wildman–Crippen MR) is 72.0 cm³/mol. The number of urea groups is 1. The highest BCUT2D eigenvalue weighted by Crippen LogP contribution is 2.05. The predicted octanol–water partition coefficient (Wildman–Crippen LogP) is -0.293. The van der Waals surface area contributed by atoms with Crippen LogP contribution in [0.2, 0.25) is 0 Å². The Balaban J connectivity index is 4.40. The van der Waals surface area contributed by atoms with Crippen LogP contribution in [0.1, 0.15) is 20.3 Å². The smallest absolute Gasteiger partial charge is 0.328 e. The first-order valence-corrected chi connectivity index (χ1v) is 6.31. The third kappa shape index (κ3) is 8.39. The second-order valence-corrected chi connectivity index (χ2v) is 5.28. The Morgan fingerprint density at radius 2 is 1.79 bits per heavy atom. The number of nitrogens with one attached hydrogen (secondary N) is 2. The number of aliphatic carboxylic acids is 1. The van der Waals surface area contributed by atoms with Gasteiger partial charge in [0.05, 0.1) is 6.61 Å². The molecule has 0 rings (SSSR count). The summed E-state index contributed by atoms with van der Waals surface area (Å²) in [5.41, 5.74) is 0. The summed E-state index contributed by atoms with van der Waals surface area (Å²) >= 11 is 0. The maximum atomic E-state index is 11.7. The van der Waals surface area contributed by atoms with Crippen molar-refractivity contribution in [2.24, 2.45) is 5.92 Å². The summed E-state index contributed by atoms with van der Waals surface area (Å²) in [6.45, 7) is 4.14. The highest BCUT2D eigenvalue weighted by Gasteiger charge is 2.21. The molecule has 0 saturated heterocycles. The van der Waals surface area contributed by atoms with E-state index < -0.39 is 24.6 Å². The van der Waals surface area contributed by atoms with E-state index in [9.17, 15) is 9.59 Å². The molecule has 2 amide bonds. The Morgan fingerprint density at radius 1 is 1.21 bits per heavy atom. The summed E-state index contributed by atoms with van der Waals surface area (Å²) < 4.78 is 0. The number of carbonyl (C=O) groups is 2. The lowest BCUT2D eigenvalue weighted by Crippen LogP contribution is -2.52. The van der Waals surface area contributed by atoms with Gasteiger partial charge in [-0.2, -0.15) is 0 Å². The second kappa shape index (κ2) is 8.71. The van der Waals surface area contributed by atoms with Crippen LogP contribution in [0.15, 0.2) is 0 Å². The number of hydrogen-bond acceptors (Lipinski definition) is 4. The van der Waals surface area contributed by atoms with E-state index in [-0.39, 0.29) is 6.04 Å². The number of amides is 2. The minimum absolute atomic E-state index is 0.0665. The Labute approximate surface area is 114 Å². The molecule has 19 heavy (non-hydrogen) atoms. The summed E-state index contributed by atoms with van der Waals surface area (Å²) in [7, 11) is 3.81. The van der Waals surface area contributed by atoms with Crippen molar-refractivity contribution in [3.8, 4) is 0 Å². The van der Waals surface area contributed by atoms with Gasteiger partial charge in [0.15, 0.2) is 6.04 Å². The lowest BCUT2D eigenvalue weighted by Gasteiger charge is -2.24. The number of carbonyl (C=O) groups excluding carboxylic acids is 1. The van der Waals surface area contributed by atoms with Gasteiger partial charge in [0.2, 0.25) is 0 Å². The maximum Gasteiger partial charge on any atom is 0.328 e. The van der Waals surface area contributed by atoms with Crippen LogP contribution in [-0.2, 0) is 4.79 Å². The zero-order valence-electron chi connectivity index (χ0n) is 12.0. The van der Waals surface area contributed by atoms with E-state index in [1.54, 1.807) is 0 Å². The van der Waals surface area contributed by atoms with Crippen molar-refractivity contribution in [2.45, 2.75) is 32.4 Å². The molecule has 7 heteroatoms. The van der Waals surface area contributed by atoms with Crippen molar-refractivity contribution < 1.29 is 19.8 Å². The molecule has 0 aliphatic heterocycles. The molecular weight excluding hydrogens is 250 g/mol. The first-order valence-electron chi connectivity index (χ1n) is 6.31. The Hall–Kier alpha value is -1.34. The molecular formula is C12H25N3O4. The number of carboxylic acid groups (broad SMARTS) is 1. The van der Waals surface area contributed by atoms with Crippen molar-refractivity contribution in [1.82, 2.24) is 15.5 Å². The molecule has 1 unspecified atom stereocenters. The topological polar surface area (TPSA) is 102 Å². The average molecular weight is 275 g/mol. The first kappa shape index (κ1) is 17.7. The summed E-state index contributed by atoms with van der Waals surface area (Å²) in [5.74, 6) is -0.843. The molecule has 0 spiro atoms. The minimum Gasteiger partial charge on any atom is -0.480 e. The third-order valence-electron chi connectivity index (χ3n) is 2.46. The van der Waals surface area contributed by atoms with Crippen LogP contribution in [0.5, 0.6) is 0 Å². The van der Waals surface area contributed by atoms with E-state index in [1.165, 1.54) is 0 Å². The van der Waals surface area contributed by atoms with Gasteiger partial charge in [-0.25, -0.2) is 9.59 Å². The quantitative estimate of drug-likeness (QED) is 0.487. The molecule has 0 aromatic rings. The molecule has 0 bridgehead atoms. The highest BCUT2D eigenvalue weighted by atomic mass is 16.4. The van der Waals surface area contributed by atoms with Gasteiger partial charge in [-0.3, -0.25) is 0 Å². The van der Waals surface area contributed by atoms with E-state index in [1.807, 2.05) is 19.0 Å². The van der Waals surface area contributed by atoms with Crippen LogP contribution < -0.4 is 10.6 Å². The first-order chi connectivity index (χ1) is 8.76. The van der Waals surface area contributed by atoms with Crippen LogP contribution in [0, 0.1) is 5.92 Å². The number of nitrogens with zero attached hydrogens (tertiary/aromatic N) is 1. The zero-order valence-corrected chi connectivity index (χ0v) is 12.0. The fourth-order valence-electron chi connectivity index (χ4n) is 1.76.